The fourth-order valence-corrected chi connectivity index (χ4v) is 2.47. The molecule has 1 atom stereocenters. The van der Waals surface area contributed by atoms with Crippen LogP contribution in [0.15, 0.2) is 23.1 Å². The Morgan fingerprint density at radius 3 is 2.53 bits per heavy atom. The molecule has 0 aromatic heterocycles. The SMILES string of the molecule is CCC(C)Nc1ccc(C)c(S(=O)(=O)NC)c1. The van der Waals surface area contributed by atoms with Crippen LogP contribution >= 0.6 is 0 Å². The molecule has 0 aliphatic rings. The Morgan fingerprint density at radius 1 is 1.35 bits per heavy atom. The summed E-state index contributed by atoms with van der Waals surface area (Å²) in [5, 5.41) is 3.26. The lowest BCUT2D eigenvalue weighted by atomic mass is 10.2. The van der Waals surface area contributed by atoms with Gasteiger partial charge in [-0.3, -0.25) is 0 Å². The standard InChI is InChI=1S/C12H20N2O2S/c1-5-10(3)14-11-7-6-9(2)12(8-11)17(15,16)13-4/h6-8,10,13-14H,5H2,1-4H3. The van der Waals surface area contributed by atoms with E-state index < -0.39 is 10.0 Å². The second kappa shape index (κ2) is 5.51. The predicted octanol–water partition coefficient (Wildman–Crippen LogP) is 2.11. The first kappa shape index (κ1) is 14.0. The van der Waals surface area contributed by atoms with Gasteiger partial charge in [0.1, 0.15) is 0 Å². The van der Waals surface area contributed by atoms with Crippen LogP contribution < -0.4 is 10.0 Å². The highest BCUT2D eigenvalue weighted by Gasteiger charge is 2.15. The van der Waals surface area contributed by atoms with Crippen molar-refractivity contribution < 1.29 is 8.42 Å². The lowest BCUT2D eigenvalue weighted by molar-refractivity contribution is 0.587. The van der Waals surface area contributed by atoms with Crippen molar-refractivity contribution in [1.82, 2.24) is 4.72 Å². The van der Waals surface area contributed by atoms with Crippen LogP contribution in [0.1, 0.15) is 25.8 Å². The third kappa shape index (κ3) is 3.44. The number of nitrogens with one attached hydrogen (secondary N) is 2. The zero-order valence-electron chi connectivity index (χ0n) is 10.7. The summed E-state index contributed by atoms with van der Waals surface area (Å²) in [5.74, 6) is 0. The number of sulfonamides is 1. The van der Waals surface area contributed by atoms with E-state index >= 15 is 0 Å². The van der Waals surface area contributed by atoms with Crippen molar-refractivity contribution in [2.75, 3.05) is 12.4 Å². The minimum Gasteiger partial charge on any atom is -0.383 e. The molecule has 0 saturated heterocycles. The summed E-state index contributed by atoms with van der Waals surface area (Å²) in [5.41, 5.74) is 1.58. The van der Waals surface area contributed by atoms with Crippen molar-refractivity contribution >= 4 is 15.7 Å². The quantitative estimate of drug-likeness (QED) is 0.848. The van der Waals surface area contributed by atoms with Crippen LogP contribution in [-0.4, -0.2) is 21.5 Å². The summed E-state index contributed by atoms with van der Waals surface area (Å²) in [6, 6.07) is 5.71. The van der Waals surface area contributed by atoms with E-state index in [-0.39, 0.29) is 0 Å². The number of hydrogen-bond acceptors (Lipinski definition) is 3. The molecule has 0 spiro atoms. The van der Waals surface area contributed by atoms with Gasteiger partial charge in [-0.15, -0.1) is 0 Å². The lowest BCUT2D eigenvalue weighted by Crippen LogP contribution is -2.20. The third-order valence-corrected chi connectivity index (χ3v) is 4.33. The fourth-order valence-electron chi connectivity index (χ4n) is 1.48. The molecule has 17 heavy (non-hydrogen) atoms. The van der Waals surface area contributed by atoms with Crippen LogP contribution in [0.2, 0.25) is 0 Å². The summed E-state index contributed by atoms with van der Waals surface area (Å²) in [7, 11) is -1.96. The van der Waals surface area contributed by atoms with E-state index in [1.807, 2.05) is 12.1 Å². The van der Waals surface area contributed by atoms with Crippen LogP contribution in [0.4, 0.5) is 5.69 Å². The highest BCUT2D eigenvalue weighted by atomic mass is 32.2. The molecule has 0 fully saturated rings. The van der Waals surface area contributed by atoms with Crippen molar-refractivity contribution in [2.24, 2.45) is 0 Å². The van der Waals surface area contributed by atoms with Crippen LogP contribution in [-0.2, 0) is 10.0 Å². The van der Waals surface area contributed by atoms with E-state index in [4.69, 9.17) is 0 Å². The molecular formula is C12H20N2O2S. The third-order valence-electron chi connectivity index (χ3n) is 2.77. The topological polar surface area (TPSA) is 58.2 Å². The first-order valence-electron chi connectivity index (χ1n) is 5.71. The zero-order valence-corrected chi connectivity index (χ0v) is 11.6. The summed E-state index contributed by atoms with van der Waals surface area (Å²) >= 11 is 0. The van der Waals surface area contributed by atoms with Gasteiger partial charge in [-0.05, 0) is 45.0 Å². The highest BCUT2D eigenvalue weighted by Crippen LogP contribution is 2.20. The number of hydrogen-bond donors (Lipinski definition) is 2. The molecule has 0 amide bonds. The molecule has 5 heteroatoms. The van der Waals surface area contributed by atoms with Crippen LogP contribution in [0.3, 0.4) is 0 Å². The number of anilines is 1. The smallest absolute Gasteiger partial charge is 0.240 e. The van der Waals surface area contributed by atoms with Gasteiger partial charge in [0.15, 0.2) is 0 Å². The van der Waals surface area contributed by atoms with Gasteiger partial charge < -0.3 is 5.32 Å². The second-order valence-corrected chi connectivity index (χ2v) is 6.00. The molecule has 96 valence electrons. The Bertz CT molecular complexity index is 483. The van der Waals surface area contributed by atoms with Crippen molar-refractivity contribution in [2.45, 2.75) is 38.1 Å². The fraction of sp³-hybridized carbons (Fsp3) is 0.500. The molecule has 1 unspecified atom stereocenters. The van der Waals surface area contributed by atoms with Crippen molar-refractivity contribution in [3.8, 4) is 0 Å². The first-order chi connectivity index (χ1) is 7.90. The molecule has 1 aromatic carbocycles. The highest BCUT2D eigenvalue weighted by molar-refractivity contribution is 7.89. The maximum atomic E-state index is 11.8. The van der Waals surface area contributed by atoms with Gasteiger partial charge in [-0.1, -0.05) is 13.0 Å². The van der Waals surface area contributed by atoms with Gasteiger partial charge in [0, 0.05) is 11.7 Å². The summed E-state index contributed by atoms with van der Waals surface area (Å²) in [4.78, 5) is 0.327. The Hall–Kier alpha value is -1.07. The minimum atomic E-state index is -3.38. The molecule has 0 saturated carbocycles. The molecule has 1 rings (SSSR count). The van der Waals surface area contributed by atoms with Crippen molar-refractivity contribution in [1.29, 1.82) is 0 Å². The maximum absolute atomic E-state index is 11.8. The molecule has 0 bridgehead atoms. The number of aryl methyl sites for hydroxylation is 1. The Kier molecular flexibility index (Phi) is 4.54. The van der Waals surface area contributed by atoms with Gasteiger partial charge in [-0.2, -0.15) is 0 Å². The van der Waals surface area contributed by atoms with Crippen molar-refractivity contribution in [3.63, 3.8) is 0 Å². The van der Waals surface area contributed by atoms with Crippen LogP contribution in [0.25, 0.3) is 0 Å². The molecule has 0 heterocycles. The average Bonchev–Trinajstić information content (AvgIpc) is 2.31. The first-order valence-corrected chi connectivity index (χ1v) is 7.19. The summed E-state index contributed by atoms with van der Waals surface area (Å²) in [6.45, 7) is 5.93. The van der Waals surface area contributed by atoms with Crippen LogP contribution in [0.5, 0.6) is 0 Å². The molecular weight excluding hydrogens is 236 g/mol. The zero-order chi connectivity index (χ0) is 13.1. The molecule has 0 aliphatic carbocycles. The molecule has 2 N–H and O–H groups in total. The lowest BCUT2D eigenvalue weighted by Gasteiger charge is -2.15. The predicted molar refractivity (Wildman–Crippen MR) is 70.8 cm³/mol. The molecule has 0 aliphatic heterocycles. The molecule has 0 radical (unpaired) electrons. The van der Waals surface area contributed by atoms with Gasteiger partial charge in [0.25, 0.3) is 0 Å². The van der Waals surface area contributed by atoms with E-state index in [1.165, 1.54) is 7.05 Å². The summed E-state index contributed by atoms with van der Waals surface area (Å²) in [6.07, 6.45) is 0.988. The van der Waals surface area contributed by atoms with E-state index in [0.29, 0.717) is 10.9 Å². The van der Waals surface area contributed by atoms with Gasteiger partial charge >= 0.3 is 0 Å². The molecule has 4 nitrogen and oxygen atoms in total. The monoisotopic (exact) mass is 256 g/mol. The maximum Gasteiger partial charge on any atom is 0.240 e. The Balaban J connectivity index is 3.11. The Morgan fingerprint density at radius 2 is 2.00 bits per heavy atom. The van der Waals surface area contributed by atoms with E-state index in [1.54, 1.807) is 13.0 Å². The summed E-state index contributed by atoms with van der Waals surface area (Å²) < 4.78 is 25.9. The van der Waals surface area contributed by atoms with E-state index in [2.05, 4.69) is 23.9 Å². The Labute approximate surface area is 103 Å². The van der Waals surface area contributed by atoms with Gasteiger partial charge in [0.2, 0.25) is 10.0 Å². The largest absolute Gasteiger partial charge is 0.383 e. The molecule has 1 aromatic rings. The minimum absolute atomic E-state index is 0.322. The van der Waals surface area contributed by atoms with Crippen LogP contribution in [0, 0.1) is 6.92 Å². The van der Waals surface area contributed by atoms with Gasteiger partial charge in [0.05, 0.1) is 4.90 Å². The van der Waals surface area contributed by atoms with E-state index in [0.717, 1.165) is 17.7 Å². The van der Waals surface area contributed by atoms with E-state index in [9.17, 15) is 8.42 Å². The second-order valence-electron chi connectivity index (χ2n) is 4.14. The van der Waals surface area contributed by atoms with Crippen molar-refractivity contribution in [3.05, 3.63) is 23.8 Å². The van der Waals surface area contributed by atoms with Gasteiger partial charge in [-0.25, -0.2) is 13.1 Å². The number of benzene rings is 1. The number of rotatable bonds is 5. The average molecular weight is 256 g/mol. The normalized spacial score (nSPS) is 13.4.